The molecule has 8 heteroatoms. The molecule has 2 amide bonds. The minimum absolute atomic E-state index is 0.0555. The summed E-state index contributed by atoms with van der Waals surface area (Å²) in [4.78, 5) is 21.8. The predicted molar refractivity (Wildman–Crippen MR) is 79.6 cm³/mol. The fraction of sp³-hybridized carbons (Fsp3) is 0.429. The Balaban J connectivity index is 2.84. The molecule has 1 aromatic rings. The van der Waals surface area contributed by atoms with Crippen LogP contribution < -0.4 is 15.4 Å². The van der Waals surface area contributed by atoms with E-state index in [1.807, 2.05) is 0 Å². The monoisotopic (exact) mass is 306 g/mol. The molecule has 0 aromatic heterocycles. The van der Waals surface area contributed by atoms with Gasteiger partial charge in [0.15, 0.2) is 5.56 Å². The van der Waals surface area contributed by atoms with E-state index in [2.05, 4.69) is 10.6 Å². The summed E-state index contributed by atoms with van der Waals surface area (Å²) < 4.78 is 5.49. The molecule has 0 bridgehead atoms. The standard InChI is InChI=1S/C14H18N4O4/c1-4-16-13(19)17-14(2,3)9-22-12-7-5-6-11(18(20)21)10(12)8-15/h5-7H,4,9H2,1-3H3,(H2,16,17,19). The van der Waals surface area contributed by atoms with Gasteiger partial charge in [0.25, 0.3) is 5.69 Å². The number of nitro groups is 1. The molecule has 0 aliphatic carbocycles. The quantitative estimate of drug-likeness (QED) is 0.615. The van der Waals surface area contributed by atoms with Gasteiger partial charge in [-0.15, -0.1) is 0 Å². The van der Waals surface area contributed by atoms with Gasteiger partial charge in [0.2, 0.25) is 0 Å². The van der Waals surface area contributed by atoms with Crippen LogP contribution in [0.4, 0.5) is 10.5 Å². The summed E-state index contributed by atoms with van der Waals surface area (Å²) in [6.45, 7) is 5.83. The first-order chi connectivity index (χ1) is 10.3. The van der Waals surface area contributed by atoms with Crippen LogP contribution in [0.2, 0.25) is 0 Å². The zero-order valence-corrected chi connectivity index (χ0v) is 12.7. The zero-order chi connectivity index (χ0) is 16.8. The number of nitrogens with zero attached hydrogens (tertiary/aromatic N) is 2. The van der Waals surface area contributed by atoms with Crippen molar-refractivity contribution < 1.29 is 14.5 Å². The number of benzene rings is 1. The summed E-state index contributed by atoms with van der Waals surface area (Å²) in [7, 11) is 0. The number of carbonyl (C=O) groups is 1. The molecule has 0 heterocycles. The normalized spacial score (nSPS) is 10.5. The molecule has 0 saturated heterocycles. The molecule has 1 aromatic carbocycles. The van der Waals surface area contributed by atoms with Gasteiger partial charge in [-0.25, -0.2) is 4.79 Å². The molecule has 0 saturated carbocycles. The van der Waals surface area contributed by atoms with Crippen LogP contribution in [0.25, 0.3) is 0 Å². The number of hydrogen-bond donors (Lipinski definition) is 2. The third kappa shape index (κ3) is 4.63. The molecule has 0 spiro atoms. The van der Waals surface area contributed by atoms with Gasteiger partial charge in [-0.05, 0) is 26.8 Å². The molecule has 0 aliphatic heterocycles. The number of amides is 2. The number of nitriles is 1. The molecular weight excluding hydrogens is 288 g/mol. The van der Waals surface area contributed by atoms with E-state index in [4.69, 9.17) is 10.00 Å². The number of nitrogens with one attached hydrogen (secondary N) is 2. The summed E-state index contributed by atoms with van der Waals surface area (Å²) in [5, 5.41) is 25.3. The van der Waals surface area contributed by atoms with Crippen LogP contribution in [0, 0.1) is 21.4 Å². The van der Waals surface area contributed by atoms with Gasteiger partial charge < -0.3 is 15.4 Å². The van der Waals surface area contributed by atoms with E-state index in [1.54, 1.807) is 26.8 Å². The Bertz CT molecular complexity index is 607. The van der Waals surface area contributed by atoms with Gasteiger partial charge in [-0.2, -0.15) is 5.26 Å². The van der Waals surface area contributed by atoms with Crippen molar-refractivity contribution in [2.75, 3.05) is 13.2 Å². The Morgan fingerprint density at radius 3 is 2.73 bits per heavy atom. The van der Waals surface area contributed by atoms with Crippen molar-refractivity contribution in [1.82, 2.24) is 10.6 Å². The highest BCUT2D eigenvalue weighted by atomic mass is 16.6. The minimum atomic E-state index is -0.712. The first kappa shape index (κ1) is 17.2. The number of hydrogen-bond acceptors (Lipinski definition) is 5. The molecule has 0 radical (unpaired) electrons. The van der Waals surface area contributed by atoms with Gasteiger partial charge >= 0.3 is 6.03 Å². The SMILES string of the molecule is CCNC(=O)NC(C)(C)COc1cccc([N+](=O)[O-])c1C#N. The van der Waals surface area contributed by atoms with E-state index in [0.29, 0.717) is 6.54 Å². The van der Waals surface area contributed by atoms with E-state index in [-0.39, 0.29) is 29.6 Å². The van der Waals surface area contributed by atoms with Crippen LogP contribution in [0.5, 0.6) is 5.75 Å². The Morgan fingerprint density at radius 1 is 1.50 bits per heavy atom. The predicted octanol–water partition coefficient (Wildman–Crippen LogP) is 1.94. The lowest BCUT2D eigenvalue weighted by Gasteiger charge is -2.26. The fourth-order valence-corrected chi connectivity index (χ4v) is 1.71. The molecule has 0 unspecified atom stereocenters. The van der Waals surface area contributed by atoms with Crippen molar-refractivity contribution in [3.05, 3.63) is 33.9 Å². The number of nitro benzene ring substituents is 1. The van der Waals surface area contributed by atoms with Crippen molar-refractivity contribution in [2.24, 2.45) is 0 Å². The third-order valence-corrected chi connectivity index (χ3v) is 2.69. The third-order valence-electron chi connectivity index (χ3n) is 2.69. The summed E-state index contributed by atoms with van der Waals surface area (Å²) in [5.41, 5.74) is -1.16. The average molecular weight is 306 g/mol. The van der Waals surface area contributed by atoms with Gasteiger partial charge in [0.1, 0.15) is 18.4 Å². The fourth-order valence-electron chi connectivity index (χ4n) is 1.71. The molecule has 1 rings (SSSR count). The van der Waals surface area contributed by atoms with E-state index in [9.17, 15) is 14.9 Å². The molecule has 0 atom stereocenters. The summed E-state index contributed by atoms with van der Waals surface area (Å²) in [6, 6.07) is 5.60. The van der Waals surface area contributed by atoms with Crippen molar-refractivity contribution >= 4 is 11.7 Å². The molecule has 118 valence electrons. The molecule has 2 N–H and O–H groups in total. The lowest BCUT2D eigenvalue weighted by atomic mass is 10.1. The van der Waals surface area contributed by atoms with E-state index in [1.165, 1.54) is 18.2 Å². The Hall–Kier alpha value is -2.82. The smallest absolute Gasteiger partial charge is 0.315 e. The molecule has 0 fully saturated rings. The highest BCUT2D eigenvalue weighted by Gasteiger charge is 2.24. The van der Waals surface area contributed by atoms with Crippen LogP contribution in [0.3, 0.4) is 0 Å². The van der Waals surface area contributed by atoms with Crippen molar-refractivity contribution in [3.8, 4) is 11.8 Å². The maximum Gasteiger partial charge on any atom is 0.315 e. The average Bonchev–Trinajstić information content (AvgIpc) is 2.44. The molecular formula is C14H18N4O4. The topological polar surface area (TPSA) is 117 Å². The summed E-state index contributed by atoms with van der Waals surface area (Å²) >= 11 is 0. The minimum Gasteiger partial charge on any atom is -0.490 e. The van der Waals surface area contributed by atoms with Crippen LogP contribution in [0.1, 0.15) is 26.3 Å². The number of urea groups is 1. The summed E-state index contributed by atoms with van der Waals surface area (Å²) in [6.07, 6.45) is 0. The van der Waals surface area contributed by atoms with E-state index in [0.717, 1.165) is 0 Å². The van der Waals surface area contributed by atoms with Crippen molar-refractivity contribution in [1.29, 1.82) is 5.26 Å². The highest BCUT2D eigenvalue weighted by molar-refractivity contribution is 5.74. The number of ether oxygens (including phenoxy) is 1. The van der Waals surface area contributed by atoms with Crippen LogP contribution >= 0.6 is 0 Å². The van der Waals surface area contributed by atoms with E-state index < -0.39 is 10.5 Å². The van der Waals surface area contributed by atoms with Crippen LogP contribution in [-0.4, -0.2) is 29.6 Å². The van der Waals surface area contributed by atoms with Gasteiger partial charge in [0.05, 0.1) is 10.5 Å². The Morgan fingerprint density at radius 2 is 2.18 bits per heavy atom. The van der Waals surface area contributed by atoms with Gasteiger partial charge in [-0.3, -0.25) is 10.1 Å². The van der Waals surface area contributed by atoms with Crippen LogP contribution in [0.15, 0.2) is 18.2 Å². The molecule has 8 nitrogen and oxygen atoms in total. The second-order valence-corrected chi connectivity index (χ2v) is 5.18. The lowest BCUT2D eigenvalue weighted by molar-refractivity contribution is -0.385. The first-order valence-electron chi connectivity index (χ1n) is 6.67. The molecule has 22 heavy (non-hydrogen) atoms. The van der Waals surface area contributed by atoms with Crippen LogP contribution in [-0.2, 0) is 0 Å². The van der Waals surface area contributed by atoms with E-state index >= 15 is 0 Å². The van der Waals surface area contributed by atoms with Gasteiger partial charge in [-0.1, -0.05) is 6.07 Å². The Kier molecular flexibility index (Phi) is 5.69. The number of carbonyl (C=O) groups excluding carboxylic acids is 1. The maximum absolute atomic E-state index is 11.5. The lowest BCUT2D eigenvalue weighted by Crippen LogP contribution is -2.51. The first-order valence-corrected chi connectivity index (χ1v) is 6.67. The second-order valence-electron chi connectivity index (χ2n) is 5.18. The number of rotatable bonds is 6. The maximum atomic E-state index is 11.5. The van der Waals surface area contributed by atoms with Crippen molar-refractivity contribution in [2.45, 2.75) is 26.3 Å². The van der Waals surface area contributed by atoms with Gasteiger partial charge in [0, 0.05) is 12.6 Å². The largest absolute Gasteiger partial charge is 0.490 e. The molecule has 0 aliphatic rings. The zero-order valence-electron chi connectivity index (χ0n) is 12.7. The highest BCUT2D eigenvalue weighted by Crippen LogP contribution is 2.27. The second kappa shape index (κ2) is 7.26. The Labute approximate surface area is 128 Å². The van der Waals surface area contributed by atoms with Crippen molar-refractivity contribution in [3.63, 3.8) is 0 Å². The summed E-state index contributed by atoms with van der Waals surface area (Å²) in [5.74, 6) is 0.113.